The first-order valence-electron chi connectivity index (χ1n) is 14.7. The van der Waals surface area contributed by atoms with E-state index in [1.807, 2.05) is 0 Å². The number of amides is 2. The van der Waals surface area contributed by atoms with Crippen LogP contribution in [0.1, 0.15) is 23.2 Å². The molecule has 0 bridgehead atoms. The van der Waals surface area contributed by atoms with Crippen molar-refractivity contribution in [1.82, 2.24) is 29.7 Å². The molecule has 0 spiro atoms. The number of hydrogen-bond donors (Lipinski definition) is 1. The van der Waals surface area contributed by atoms with E-state index in [-0.39, 0.29) is 62.6 Å². The van der Waals surface area contributed by atoms with Crippen LogP contribution in [0.5, 0.6) is 17.2 Å². The highest BCUT2D eigenvalue weighted by Crippen LogP contribution is 2.32. The van der Waals surface area contributed by atoms with Gasteiger partial charge in [0.15, 0.2) is 17.2 Å². The van der Waals surface area contributed by atoms with Crippen LogP contribution in [0, 0.1) is 0 Å². The molecule has 12 nitrogen and oxygen atoms in total. The van der Waals surface area contributed by atoms with Gasteiger partial charge in [-0.05, 0) is 35.4 Å². The quantitative estimate of drug-likeness (QED) is 0.258. The Morgan fingerprint density at radius 1 is 0.936 bits per heavy atom. The first-order valence-corrected chi connectivity index (χ1v) is 14.7. The molecule has 1 unspecified atom stereocenters. The zero-order chi connectivity index (χ0) is 33.6. The first-order chi connectivity index (χ1) is 22.6. The standard InChI is InChI=1S/C32H34F3N7O5/c1-45-24-7-4-21(5-8-24)15-30(44)40-12-13-42(28-17-27(32(33,34)35)38-31(39-28)41-11-10-36-20-41)23(19-40)16-29(43)37-18-22-6-9-25(46-2)26(14-22)47-3/h4-11,14,17,20,23H,12-13,15-16,18-19H2,1-3H3,(H,37,43). The Kier molecular flexibility index (Phi) is 10.1. The van der Waals surface area contributed by atoms with Gasteiger partial charge in [-0.1, -0.05) is 18.2 Å². The van der Waals surface area contributed by atoms with Crippen molar-refractivity contribution in [3.05, 3.63) is 84.1 Å². The summed E-state index contributed by atoms with van der Waals surface area (Å²) < 4.78 is 59.0. The molecule has 1 atom stereocenters. The second-order valence-corrected chi connectivity index (χ2v) is 10.8. The van der Waals surface area contributed by atoms with Crippen LogP contribution in [0.4, 0.5) is 19.0 Å². The number of alkyl halides is 3. The number of nitrogens with one attached hydrogen (secondary N) is 1. The van der Waals surface area contributed by atoms with Gasteiger partial charge >= 0.3 is 6.18 Å². The number of methoxy groups -OCH3 is 3. The molecule has 2 amide bonds. The van der Waals surface area contributed by atoms with Crippen LogP contribution in [0.3, 0.4) is 0 Å². The number of halogens is 3. The topological polar surface area (TPSA) is 124 Å². The SMILES string of the molecule is COc1ccc(CC(=O)N2CCN(c3cc(C(F)(F)F)nc(-n4ccnc4)n3)C(CC(=O)NCc3ccc(OC)c(OC)c3)C2)cc1. The summed E-state index contributed by atoms with van der Waals surface area (Å²) in [6.07, 6.45) is -0.621. The molecule has 0 radical (unpaired) electrons. The summed E-state index contributed by atoms with van der Waals surface area (Å²) in [6.45, 7) is 0.608. The maximum Gasteiger partial charge on any atom is 0.433 e. The summed E-state index contributed by atoms with van der Waals surface area (Å²) in [7, 11) is 4.58. The van der Waals surface area contributed by atoms with Crippen LogP contribution in [-0.2, 0) is 28.7 Å². The van der Waals surface area contributed by atoms with Gasteiger partial charge in [-0.25, -0.2) is 9.97 Å². The number of benzene rings is 2. The normalized spacial score (nSPS) is 14.9. The van der Waals surface area contributed by atoms with Gasteiger partial charge in [0, 0.05) is 51.1 Å². The van der Waals surface area contributed by atoms with Gasteiger partial charge in [0.05, 0.1) is 33.8 Å². The van der Waals surface area contributed by atoms with Crippen molar-refractivity contribution in [2.45, 2.75) is 31.6 Å². The molecular weight excluding hydrogens is 619 g/mol. The summed E-state index contributed by atoms with van der Waals surface area (Å²) >= 11 is 0. The Labute approximate surface area is 269 Å². The van der Waals surface area contributed by atoms with Gasteiger partial charge < -0.3 is 29.3 Å². The van der Waals surface area contributed by atoms with E-state index in [0.717, 1.165) is 17.2 Å². The number of carbonyl (C=O) groups excluding carboxylic acids is 2. The lowest BCUT2D eigenvalue weighted by Crippen LogP contribution is -2.56. The zero-order valence-electron chi connectivity index (χ0n) is 26.0. The Morgan fingerprint density at radius 3 is 2.34 bits per heavy atom. The van der Waals surface area contributed by atoms with Crippen LogP contribution < -0.4 is 24.4 Å². The molecule has 1 aliphatic rings. The monoisotopic (exact) mass is 653 g/mol. The minimum absolute atomic E-state index is 0.0176. The fourth-order valence-corrected chi connectivity index (χ4v) is 5.27. The van der Waals surface area contributed by atoms with E-state index in [9.17, 15) is 22.8 Å². The van der Waals surface area contributed by atoms with Crippen molar-refractivity contribution in [2.24, 2.45) is 0 Å². The molecule has 0 saturated carbocycles. The minimum Gasteiger partial charge on any atom is -0.497 e. The number of carbonyl (C=O) groups is 2. The van der Waals surface area contributed by atoms with Crippen LogP contribution in [-0.4, -0.2) is 83.2 Å². The smallest absolute Gasteiger partial charge is 0.433 e. The van der Waals surface area contributed by atoms with E-state index in [0.29, 0.717) is 17.2 Å². The van der Waals surface area contributed by atoms with E-state index in [4.69, 9.17) is 14.2 Å². The summed E-state index contributed by atoms with van der Waals surface area (Å²) in [5, 5.41) is 2.87. The van der Waals surface area contributed by atoms with Crippen molar-refractivity contribution < 1.29 is 37.0 Å². The average Bonchev–Trinajstić information content (AvgIpc) is 3.62. The third kappa shape index (κ3) is 8.09. The molecule has 1 fully saturated rings. The molecule has 1 saturated heterocycles. The lowest BCUT2D eigenvalue weighted by atomic mass is 10.1. The molecule has 1 aliphatic heterocycles. The van der Waals surface area contributed by atoms with Crippen LogP contribution in [0.25, 0.3) is 5.95 Å². The lowest BCUT2D eigenvalue weighted by Gasteiger charge is -2.42. The van der Waals surface area contributed by atoms with Crippen molar-refractivity contribution in [2.75, 3.05) is 45.9 Å². The molecule has 3 heterocycles. The number of aromatic nitrogens is 4. The number of nitrogens with zero attached hydrogens (tertiary/aromatic N) is 6. The Balaban J connectivity index is 1.39. The first kappa shape index (κ1) is 33.0. The third-order valence-electron chi connectivity index (χ3n) is 7.73. The highest BCUT2D eigenvalue weighted by Gasteiger charge is 2.37. The van der Waals surface area contributed by atoms with Crippen molar-refractivity contribution in [1.29, 1.82) is 0 Å². The molecule has 47 heavy (non-hydrogen) atoms. The van der Waals surface area contributed by atoms with E-state index in [2.05, 4.69) is 20.3 Å². The summed E-state index contributed by atoms with van der Waals surface area (Å²) in [4.78, 5) is 42.0. The van der Waals surface area contributed by atoms with E-state index < -0.39 is 17.9 Å². The van der Waals surface area contributed by atoms with Gasteiger partial charge in [0.2, 0.25) is 17.8 Å². The number of ether oxygens (including phenoxy) is 3. The highest BCUT2D eigenvalue weighted by molar-refractivity contribution is 5.80. The average molecular weight is 654 g/mol. The predicted octanol–water partition coefficient (Wildman–Crippen LogP) is 3.67. The number of piperazine rings is 1. The highest BCUT2D eigenvalue weighted by atomic mass is 19.4. The number of imidazole rings is 1. The third-order valence-corrected chi connectivity index (χ3v) is 7.73. The maximum atomic E-state index is 14.0. The van der Waals surface area contributed by atoms with Crippen LogP contribution in [0.2, 0.25) is 0 Å². The fourth-order valence-electron chi connectivity index (χ4n) is 5.27. The zero-order valence-corrected chi connectivity index (χ0v) is 26.0. The Morgan fingerprint density at radius 2 is 1.68 bits per heavy atom. The molecule has 0 aliphatic carbocycles. The van der Waals surface area contributed by atoms with Gasteiger partial charge in [0.25, 0.3) is 0 Å². The summed E-state index contributed by atoms with van der Waals surface area (Å²) in [5.41, 5.74) is 0.391. The molecular formula is C32H34F3N7O5. The largest absolute Gasteiger partial charge is 0.497 e. The second-order valence-electron chi connectivity index (χ2n) is 10.8. The molecule has 5 rings (SSSR count). The summed E-state index contributed by atoms with van der Waals surface area (Å²) in [5.74, 6) is 0.923. The van der Waals surface area contributed by atoms with Gasteiger partial charge in [-0.3, -0.25) is 14.2 Å². The molecule has 2 aromatic heterocycles. The van der Waals surface area contributed by atoms with Crippen LogP contribution >= 0.6 is 0 Å². The van der Waals surface area contributed by atoms with E-state index >= 15 is 0 Å². The van der Waals surface area contributed by atoms with Gasteiger partial charge in [-0.2, -0.15) is 18.2 Å². The predicted molar refractivity (Wildman–Crippen MR) is 165 cm³/mol. The van der Waals surface area contributed by atoms with Crippen molar-refractivity contribution in [3.8, 4) is 23.2 Å². The number of hydrogen-bond acceptors (Lipinski definition) is 9. The summed E-state index contributed by atoms with van der Waals surface area (Å²) in [6, 6.07) is 12.5. The van der Waals surface area contributed by atoms with Crippen molar-refractivity contribution >= 4 is 17.6 Å². The minimum atomic E-state index is -4.75. The Bertz CT molecular complexity index is 1680. The van der Waals surface area contributed by atoms with E-state index in [1.165, 1.54) is 37.5 Å². The maximum absolute atomic E-state index is 14.0. The van der Waals surface area contributed by atoms with Gasteiger partial charge in [0.1, 0.15) is 17.9 Å². The molecule has 15 heteroatoms. The molecule has 248 valence electrons. The second kappa shape index (κ2) is 14.4. The lowest BCUT2D eigenvalue weighted by molar-refractivity contribution is -0.141. The number of anilines is 1. The Hall–Kier alpha value is -5.34. The van der Waals surface area contributed by atoms with E-state index in [1.54, 1.807) is 59.4 Å². The molecule has 2 aromatic carbocycles. The molecule has 4 aromatic rings. The number of rotatable bonds is 11. The fraction of sp³-hybridized carbons (Fsp3) is 0.344. The molecule has 1 N–H and O–H groups in total. The van der Waals surface area contributed by atoms with Crippen LogP contribution in [0.15, 0.2) is 67.3 Å². The van der Waals surface area contributed by atoms with Crippen molar-refractivity contribution in [3.63, 3.8) is 0 Å². The van der Waals surface area contributed by atoms with Gasteiger partial charge in [-0.15, -0.1) is 0 Å².